The van der Waals surface area contributed by atoms with E-state index < -0.39 is 44.7 Å². The Kier molecular flexibility index (Phi) is 37.8. The van der Waals surface area contributed by atoms with Gasteiger partial charge in [-0.1, -0.05) is 148 Å². The first-order valence-electron chi connectivity index (χ1n) is 22.5. The molecule has 62 heavy (non-hydrogen) atoms. The highest BCUT2D eigenvalue weighted by molar-refractivity contribution is 7.45. The number of aliphatic hydroxyl groups excluding tert-OH is 2. The minimum absolute atomic E-state index is 0.0295. The molecular weight excluding hydrogens is 806 g/mol. The zero-order valence-corrected chi connectivity index (χ0v) is 39.4. The molecule has 0 radical (unpaired) electrons. The fraction of sp³-hybridized carbons (Fsp3) is 0.560. The van der Waals surface area contributed by atoms with Crippen LogP contribution in [0.4, 0.5) is 0 Å². The van der Waals surface area contributed by atoms with Crippen molar-refractivity contribution in [3.8, 4) is 0 Å². The smallest absolute Gasteiger partial charge is 0.306 e. The zero-order chi connectivity index (χ0) is 46.0. The number of phosphoric acid groups is 1. The van der Waals surface area contributed by atoms with E-state index in [1.807, 2.05) is 64.5 Å². The van der Waals surface area contributed by atoms with Crippen LogP contribution in [-0.2, 0) is 32.7 Å². The Bertz CT molecular complexity index is 1500. The van der Waals surface area contributed by atoms with Gasteiger partial charge in [-0.05, 0) is 77.0 Å². The van der Waals surface area contributed by atoms with Crippen molar-refractivity contribution in [1.82, 2.24) is 0 Å². The lowest BCUT2D eigenvalue weighted by molar-refractivity contribution is -0.870. The summed E-state index contributed by atoms with van der Waals surface area (Å²) in [5.74, 6) is -1.05. The van der Waals surface area contributed by atoms with Gasteiger partial charge in [0.2, 0.25) is 0 Å². The molecule has 0 aliphatic heterocycles. The first kappa shape index (κ1) is 58.3. The van der Waals surface area contributed by atoms with Crippen LogP contribution < -0.4 is 4.89 Å². The first-order chi connectivity index (χ1) is 29.8. The summed E-state index contributed by atoms with van der Waals surface area (Å²) in [7, 11) is 1.01. The molecule has 4 atom stereocenters. The molecular formula is C50H80NO10P. The van der Waals surface area contributed by atoms with Crippen LogP contribution in [0.1, 0.15) is 117 Å². The number of quaternary nitrogens is 1. The zero-order valence-electron chi connectivity index (χ0n) is 38.5. The van der Waals surface area contributed by atoms with Crippen LogP contribution in [0.3, 0.4) is 0 Å². The quantitative estimate of drug-likeness (QED) is 0.0153. The Balaban J connectivity index is 4.66. The summed E-state index contributed by atoms with van der Waals surface area (Å²) < 4.78 is 33.7. The van der Waals surface area contributed by atoms with Crippen LogP contribution in [0, 0.1) is 0 Å². The van der Waals surface area contributed by atoms with E-state index >= 15 is 0 Å². The van der Waals surface area contributed by atoms with Crippen molar-refractivity contribution in [2.75, 3.05) is 47.5 Å². The van der Waals surface area contributed by atoms with Crippen molar-refractivity contribution in [3.05, 3.63) is 122 Å². The molecule has 0 aromatic heterocycles. The molecule has 0 amide bonds. The molecule has 0 heterocycles. The number of carbonyl (C=O) groups excluding carboxylic acids is 2. The van der Waals surface area contributed by atoms with Crippen LogP contribution in [-0.4, -0.2) is 92.5 Å². The molecule has 11 nitrogen and oxygen atoms in total. The number of likely N-dealkylation sites (N-methyl/N-ethyl adjacent to an activating group) is 1. The number of carbonyl (C=O) groups is 2. The summed E-state index contributed by atoms with van der Waals surface area (Å²) in [6.07, 6.45) is 48.8. The van der Waals surface area contributed by atoms with E-state index in [4.69, 9.17) is 18.5 Å². The number of esters is 2. The summed E-state index contributed by atoms with van der Waals surface area (Å²) in [5.41, 5.74) is 0. The van der Waals surface area contributed by atoms with E-state index in [-0.39, 0.29) is 26.1 Å². The van der Waals surface area contributed by atoms with E-state index in [0.717, 1.165) is 57.8 Å². The van der Waals surface area contributed by atoms with Crippen molar-refractivity contribution in [3.63, 3.8) is 0 Å². The van der Waals surface area contributed by atoms with Gasteiger partial charge < -0.3 is 38.1 Å². The van der Waals surface area contributed by atoms with Gasteiger partial charge in [0.15, 0.2) is 6.10 Å². The van der Waals surface area contributed by atoms with Gasteiger partial charge in [0.25, 0.3) is 7.82 Å². The van der Waals surface area contributed by atoms with Gasteiger partial charge in [-0.15, -0.1) is 0 Å². The summed E-state index contributed by atoms with van der Waals surface area (Å²) in [6, 6.07) is 0. The molecule has 2 N–H and O–H groups in total. The lowest BCUT2D eigenvalue weighted by Crippen LogP contribution is -2.37. The second-order valence-corrected chi connectivity index (χ2v) is 17.1. The Hall–Kier alpha value is -3.67. The van der Waals surface area contributed by atoms with E-state index in [1.54, 1.807) is 36.5 Å². The van der Waals surface area contributed by atoms with E-state index in [0.29, 0.717) is 43.1 Å². The molecule has 0 saturated heterocycles. The second-order valence-electron chi connectivity index (χ2n) is 15.7. The number of unbranched alkanes of at least 4 members (excludes halogenated alkanes) is 4. The fourth-order valence-electron chi connectivity index (χ4n) is 5.14. The SMILES string of the molecule is CC/C=C\C/C=C\C/C=C\C/C=C\CCCCCCC(=O)OC[C@H](COP(=O)([O-])OCC[N+](C)(C)C)OC(=O)CC/C=C\C/C=C\C[C@@H](O)/C=C/C=C\C=C\[C@@H](O)C/C=C\CC. The maximum Gasteiger partial charge on any atom is 0.306 e. The van der Waals surface area contributed by atoms with Crippen molar-refractivity contribution in [1.29, 1.82) is 0 Å². The Morgan fingerprint density at radius 2 is 1.10 bits per heavy atom. The summed E-state index contributed by atoms with van der Waals surface area (Å²) in [6.45, 7) is 3.65. The number of ether oxygens (including phenoxy) is 2. The van der Waals surface area contributed by atoms with Crippen LogP contribution in [0.2, 0.25) is 0 Å². The predicted molar refractivity (Wildman–Crippen MR) is 252 cm³/mol. The number of aliphatic hydroxyl groups is 2. The number of hydrogen-bond acceptors (Lipinski definition) is 10. The lowest BCUT2D eigenvalue weighted by Gasteiger charge is -2.28. The summed E-state index contributed by atoms with van der Waals surface area (Å²) in [4.78, 5) is 37.6. The van der Waals surface area contributed by atoms with Gasteiger partial charge in [-0.2, -0.15) is 0 Å². The minimum atomic E-state index is -4.69. The molecule has 0 saturated carbocycles. The highest BCUT2D eigenvalue weighted by Crippen LogP contribution is 2.38. The number of hydrogen-bond donors (Lipinski definition) is 2. The third kappa shape index (κ3) is 43.0. The van der Waals surface area contributed by atoms with E-state index in [2.05, 4.69) is 55.5 Å². The number of phosphoric ester groups is 1. The molecule has 0 rings (SSSR count). The van der Waals surface area contributed by atoms with Crippen molar-refractivity contribution >= 4 is 19.8 Å². The van der Waals surface area contributed by atoms with Crippen LogP contribution in [0.5, 0.6) is 0 Å². The third-order valence-electron chi connectivity index (χ3n) is 8.66. The minimum Gasteiger partial charge on any atom is -0.756 e. The number of allylic oxidation sites excluding steroid dienone is 16. The van der Waals surface area contributed by atoms with Gasteiger partial charge in [-0.25, -0.2) is 0 Å². The van der Waals surface area contributed by atoms with Crippen LogP contribution >= 0.6 is 7.82 Å². The van der Waals surface area contributed by atoms with Gasteiger partial charge in [0.1, 0.15) is 19.8 Å². The third-order valence-corrected chi connectivity index (χ3v) is 9.62. The van der Waals surface area contributed by atoms with E-state index in [1.165, 1.54) is 0 Å². The molecule has 12 heteroatoms. The van der Waals surface area contributed by atoms with Gasteiger partial charge in [0, 0.05) is 12.8 Å². The first-order valence-corrected chi connectivity index (χ1v) is 23.9. The van der Waals surface area contributed by atoms with Crippen molar-refractivity contribution in [2.45, 2.75) is 135 Å². The summed E-state index contributed by atoms with van der Waals surface area (Å²) in [5, 5.41) is 20.0. The second kappa shape index (κ2) is 40.1. The van der Waals surface area contributed by atoms with Crippen LogP contribution in [0.15, 0.2) is 122 Å². The topological polar surface area (TPSA) is 152 Å². The Labute approximate surface area is 374 Å². The molecule has 0 aromatic carbocycles. The van der Waals surface area contributed by atoms with Crippen LogP contribution in [0.25, 0.3) is 0 Å². The molecule has 0 aromatic rings. The highest BCUT2D eigenvalue weighted by atomic mass is 31.2. The normalized spacial score (nSPS) is 15.7. The number of rotatable bonds is 38. The monoisotopic (exact) mass is 886 g/mol. The summed E-state index contributed by atoms with van der Waals surface area (Å²) >= 11 is 0. The Morgan fingerprint density at radius 3 is 1.68 bits per heavy atom. The molecule has 0 aliphatic carbocycles. The predicted octanol–water partition coefficient (Wildman–Crippen LogP) is 10.2. The van der Waals surface area contributed by atoms with Gasteiger partial charge >= 0.3 is 11.9 Å². The van der Waals surface area contributed by atoms with Crippen molar-refractivity contribution < 1.29 is 52.3 Å². The van der Waals surface area contributed by atoms with Gasteiger partial charge in [-0.3, -0.25) is 14.2 Å². The highest BCUT2D eigenvalue weighted by Gasteiger charge is 2.21. The Morgan fingerprint density at radius 1 is 0.597 bits per heavy atom. The standard InChI is InChI=1S/C50H80NO10P/c1-6-8-10-11-12-13-14-15-16-17-18-19-20-21-22-26-34-40-49(54)58-44-48(45-60-62(56,57)59-43-42-51(3,4)5)61-50(55)41-35-27-24-23-25-31-37-47(53)39-33-29-28-32-38-46(52)36-30-9-7-2/h8-10,12-13,15-16,18-19,24-25,27-33,38-39,46-48,52-53H,6-7,11,14,17,20-23,26,34-37,40-45H2,1-5H3/b10-8-,13-12-,16-15-,19-18-,27-24-,29-28-,30-9-,31-25-,38-32+,39-33+/t46-,47+,48+/m0/s1. The maximum absolute atomic E-state index is 12.7. The van der Waals surface area contributed by atoms with Gasteiger partial charge in [0.05, 0.1) is 40.0 Å². The number of nitrogens with zero attached hydrogens (tertiary/aromatic N) is 1. The fourth-order valence-corrected chi connectivity index (χ4v) is 5.87. The maximum atomic E-state index is 12.7. The molecule has 350 valence electrons. The largest absolute Gasteiger partial charge is 0.756 e. The average Bonchev–Trinajstić information content (AvgIpc) is 3.21. The molecule has 0 fully saturated rings. The molecule has 0 bridgehead atoms. The molecule has 0 aliphatic rings. The lowest BCUT2D eigenvalue weighted by atomic mass is 10.1. The molecule has 1 unspecified atom stereocenters. The molecule has 0 spiro atoms. The average molecular weight is 886 g/mol. The van der Waals surface area contributed by atoms with Crippen molar-refractivity contribution in [2.24, 2.45) is 0 Å². The van der Waals surface area contributed by atoms with E-state index in [9.17, 15) is 29.3 Å².